The Morgan fingerprint density at radius 2 is 1.96 bits per heavy atom. The van der Waals surface area contributed by atoms with Crippen LogP contribution in [0.2, 0.25) is 0 Å². The molecule has 0 bridgehead atoms. The van der Waals surface area contributed by atoms with Gasteiger partial charge in [-0.05, 0) is 12.5 Å². The number of thiazole rings is 1. The average molecular weight is 344 g/mol. The van der Waals surface area contributed by atoms with Gasteiger partial charge in [0.2, 0.25) is 5.91 Å². The van der Waals surface area contributed by atoms with Gasteiger partial charge in [-0.2, -0.15) is 13.2 Å². The van der Waals surface area contributed by atoms with Crippen LogP contribution in [0.5, 0.6) is 0 Å². The second-order valence-corrected chi connectivity index (χ2v) is 6.16. The van der Waals surface area contributed by atoms with Crippen LogP contribution in [-0.4, -0.2) is 16.0 Å². The van der Waals surface area contributed by atoms with E-state index in [1.807, 2.05) is 0 Å². The molecule has 2 N–H and O–H groups in total. The molecule has 1 aromatic carbocycles. The third kappa shape index (κ3) is 4.77. The molecule has 1 amide bonds. The van der Waals surface area contributed by atoms with E-state index < -0.39 is 23.4 Å². The van der Waals surface area contributed by atoms with Crippen molar-refractivity contribution < 1.29 is 23.1 Å². The van der Waals surface area contributed by atoms with Gasteiger partial charge >= 0.3 is 6.18 Å². The normalized spacial score (nSPS) is 14.3. The Kier molecular flexibility index (Phi) is 5.06. The van der Waals surface area contributed by atoms with Crippen molar-refractivity contribution in [3.05, 3.63) is 52.0 Å². The van der Waals surface area contributed by atoms with E-state index >= 15 is 0 Å². The zero-order valence-corrected chi connectivity index (χ0v) is 13.0. The van der Waals surface area contributed by atoms with E-state index in [1.165, 1.54) is 6.92 Å². The highest BCUT2D eigenvalue weighted by Crippen LogP contribution is 2.30. The van der Waals surface area contributed by atoms with Crippen molar-refractivity contribution in [3.63, 3.8) is 0 Å². The highest BCUT2D eigenvalue weighted by Gasteiger charge is 2.33. The molecule has 1 atom stereocenters. The molecule has 2 rings (SSSR count). The molecule has 0 radical (unpaired) electrons. The van der Waals surface area contributed by atoms with Gasteiger partial charge in [0.25, 0.3) is 0 Å². The zero-order valence-electron chi connectivity index (χ0n) is 12.2. The van der Waals surface area contributed by atoms with Crippen molar-refractivity contribution in [2.75, 3.05) is 0 Å². The smallest absolute Gasteiger partial charge is 0.385 e. The number of amides is 1. The number of nitrogens with zero attached hydrogens (tertiary/aromatic N) is 1. The summed E-state index contributed by atoms with van der Waals surface area (Å²) in [6.07, 6.45) is -4.69. The lowest BCUT2D eigenvalue weighted by Gasteiger charge is -2.23. The van der Waals surface area contributed by atoms with Gasteiger partial charge in [-0.1, -0.05) is 30.3 Å². The van der Waals surface area contributed by atoms with E-state index in [2.05, 4.69) is 10.3 Å². The van der Waals surface area contributed by atoms with Crippen molar-refractivity contribution in [2.24, 2.45) is 0 Å². The summed E-state index contributed by atoms with van der Waals surface area (Å²) in [5, 5.41) is 13.9. The molecule has 0 aliphatic rings. The maximum absolute atomic E-state index is 12.4. The quantitative estimate of drug-likeness (QED) is 0.876. The van der Waals surface area contributed by atoms with E-state index in [-0.39, 0.29) is 18.0 Å². The van der Waals surface area contributed by atoms with Gasteiger partial charge in [-0.25, -0.2) is 4.98 Å². The number of benzene rings is 1. The second-order valence-electron chi connectivity index (χ2n) is 5.22. The molecule has 4 nitrogen and oxygen atoms in total. The molecular formula is C15H15F3N2O2S. The first-order valence-electron chi connectivity index (χ1n) is 6.75. The fourth-order valence-electron chi connectivity index (χ4n) is 1.97. The van der Waals surface area contributed by atoms with Gasteiger partial charge < -0.3 is 10.4 Å². The Balaban J connectivity index is 1.91. The Bertz CT molecular complexity index is 669. The van der Waals surface area contributed by atoms with Crippen LogP contribution in [0, 0.1) is 0 Å². The van der Waals surface area contributed by atoms with Crippen LogP contribution in [0.25, 0.3) is 0 Å². The first-order chi connectivity index (χ1) is 10.7. The van der Waals surface area contributed by atoms with E-state index in [0.29, 0.717) is 5.56 Å². The number of hydrogen-bond donors (Lipinski definition) is 2. The second kappa shape index (κ2) is 6.67. The lowest BCUT2D eigenvalue weighted by atomic mass is 9.92. The summed E-state index contributed by atoms with van der Waals surface area (Å²) in [4.78, 5) is 15.3. The third-order valence-electron chi connectivity index (χ3n) is 3.18. The minimum atomic E-state index is -4.49. The summed E-state index contributed by atoms with van der Waals surface area (Å²) in [7, 11) is 0. The van der Waals surface area contributed by atoms with Gasteiger partial charge in [-0.15, -0.1) is 11.3 Å². The average Bonchev–Trinajstić information content (AvgIpc) is 2.95. The van der Waals surface area contributed by atoms with Gasteiger partial charge in [-0.3, -0.25) is 4.79 Å². The zero-order chi connectivity index (χ0) is 17.1. The minimum absolute atomic E-state index is 0.107. The molecular weight excluding hydrogens is 329 g/mol. The molecule has 0 saturated carbocycles. The number of nitrogens with one attached hydrogen (secondary N) is 1. The fraction of sp³-hybridized carbons (Fsp3) is 0.333. The fourth-order valence-corrected chi connectivity index (χ4v) is 2.71. The summed E-state index contributed by atoms with van der Waals surface area (Å²) in [6, 6.07) is 8.68. The summed E-state index contributed by atoms with van der Waals surface area (Å²) >= 11 is 0.824. The Morgan fingerprint density at radius 3 is 2.52 bits per heavy atom. The largest absolute Gasteiger partial charge is 0.434 e. The first kappa shape index (κ1) is 17.4. The van der Waals surface area contributed by atoms with Crippen LogP contribution < -0.4 is 5.32 Å². The van der Waals surface area contributed by atoms with Crippen LogP contribution in [-0.2, 0) is 23.1 Å². The lowest BCUT2D eigenvalue weighted by Crippen LogP contribution is -2.32. The highest BCUT2D eigenvalue weighted by atomic mass is 32.1. The van der Waals surface area contributed by atoms with Crippen molar-refractivity contribution >= 4 is 17.2 Å². The molecule has 0 spiro atoms. The molecule has 0 fully saturated rings. The molecule has 1 heterocycles. The Morgan fingerprint density at radius 1 is 1.30 bits per heavy atom. The number of aromatic nitrogens is 1. The van der Waals surface area contributed by atoms with Crippen molar-refractivity contribution in [1.29, 1.82) is 0 Å². The summed E-state index contributed by atoms with van der Waals surface area (Å²) in [5.41, 5.74) is -1.74. The number of carbonyl (C=O) groups excluding carboxylic acids is 1. The van der Waals surface area contributed by atoms with Crippen LogP contribution in [0.15, 0.2) is 35.7 Å². The third-order valence-corrected chi connectivity index (χ3v) is 4.03. The summed E-state index contributed by atoms with van der Waals surface area (Å²) in [6.45, 7) is 1.40. The standard InChI is InChI=1S/C15H15F3N2O2S/c1-14(22,10-5-3-2-4-6-10)7-12(21)19-8-13-20-11(9-23-13)15(16,17)18/h2-6,9,22H,7-8H2,1H3,(H,19,21). The maximum Gasteiger partial charge on any atom is 0.434 e. The van der Waals surface area contributed by atoms with Gasteiger partial charge in [0.15, 0.2) is 5.69 Å². The SMILES string of the molecule is CC(O)(CC(=O)NCc1nc(C(F)(F)F)cs1)c1ccccc1. The number of aliphatic hydroxyl groups is 1. The molecule has 23 heavy (non-hydrogen) atoms. The number of alkyl halides is 3. The van der Waals surface area contributed by atoms with Crippen molar-refractivity contribution in [2.45, 2.75) is 31.7 Å². The maximum atomic E-state index is 12.4. The molecule has 2 aromatic rings. The Hall–Kier alpha value is -1.93. The number of carbonyl (C=O) groups is 1. The topological polar surface area (TPSA) is 62.2 Å². The van der Waals surface area contributed by atoms with Crippen molar-refractivity contribution in [3.8, 4) is 0 Å². The van der Waals surface area contributed by atoms with E-state index in [1.54, 1.807) is 30.3 Å². The summed E-state index contributed by atoms with van der Waals surface area (Å²) in [5.74, 6) is -0.470. The lowest BCUT2D eigenvalue weighted by molar-refractivity contribution is -0.140. The van der Waals surface area contributed by atoms with Gasteiger partial charge in [0, 0.05) is 5.38 Å². The molecule has 0 aliphatic carbocycles. The van der Waals surface area contributed by atoms with Crippen LogP contribution in [0.3, 0.4) is 0 Å². The molecule has 0 saturated heterocycles. The number of halogens is 3. The Labute approximate surface area is 135 Å². The van der Waals surface area contributed by atoms with E-state index in [4.69, 9.17) is 0 Å². The van der Waals surface area contributed by atoms with E-state index in [0.717, 1.165) is 16.7 Å². The molecule has 8 heteroatoms. The predicted octanol–water partition coefficient (Wildman–Crippen LogP) is 3.08. The van der Waals surface area contributed by atoms with Crippen LogP contribution >= 0.6 is 11.3 Å². The molecule has 0 aliphatic heterocycles. The molecule has 1 aromatic heterocycles. The van der Waals surface area contributed by atoms with Crippen LogP contribution in [0.4, 0.5) is 13.2 Å². The monoisotopic (exact) mass is 344 g/mol. The molecule has 124 valence electrons. The van der Waals surface area contributed by atoms with Crippen LogP contribution in [0.1, 0.15) is 29.6 Å². The van der Waals surface area contributed by atoms with E-state index in [9.17, 15) is 23.1 Å². The van der Waals surface area contributed by atoms with Crippen molar-refractivity contribution in [1.82, 2.24) is 10.3 Å². The predicted molar refractivity (Wildman–Crippen MR) is 79.6 cm³/mol. The number of hydrogen-bond acceptors (Lipinski definition) is 4. The minimum Gasteiger partial charge on any atom is -0.385 e. The van der Waals surface area contributed by atoms with Gasteiger partial charge in [0.1, 0.15) is 5.01 Å². The van der Waals surface area contributed by atoms with Gasteiger partial charge in [0.05, 0.1) is 18.6 Å². The summed E-state index contributed by atoms with van der Waals surface area (Å²) < 4.78 is 37.3. The number of rotatable bonds is 5. The first-order valence-corrected chi connectivity index (χ1v) is 7.62. The highest BCUT2D eigenvalue weighted by molar-refractivity contribution is 7.09. The molecule has 1 unspecified atom stereocenters.